The number of imide groups is 1. The van der Waals surface area contributed by atoms with Crippen LogP contribution in [0.15, 0.2) is 42.7 Å². The molecule has 3 rings (SSSR count). The number of rotatable bonds is 1. The maximum Gasteiger partial charge on any atom is 0.267 e. The molecule has 0 fully saturated rings. The summed E-state index contributed by atoms with van der Waals surface area (Å²) >= 11 is 0. The van der Waals surface area contributed by atoms with Crippen molar-refractivity contribution >= 4 is 17.5 Å². The maximum absolute atomic E-state index is 12.2. The van der Waals surface area contributed by atoms with Crippen LogP contribution in [-0.4, -0.2) is 16.8 Å². The smallest absolute Gasteiger partial charge is 0.267 e. The number of nitriles is 1. The highest BCUT2D eigenvalue weighted by atomic mass is 16.2. The van der Waals surface area contributed by atoms with Gasteiger partial charge in [-0.2, -0.15) is 5.26 Å². The molecule has 5 heteroatoms. The molecule has 1 aliphatic heterocycles. The Morgan fingerprint density at radius 1 is 1.11 bits per heavy atom. The van der Waals surface area contributed by atoms with Crippen LogP contribution in [0, 0.1) is 11.3 Å². The lowest BCUT2D eigenvalue weighted by Crippen LogP contribution is -2.29. The monoisotopic (exact) mass is 249 g/mol. The van der Waals surface area contributed by atoms with E-state index in [-0.39, 0.29) is 5.56 Å². The molecule has 1 aliphatic rings. The molecule has 2 amide bonds. The Morgan fingerprint density at radius 3 is 2.63 bits per heavy atom. The lowest BCUT2D eigenvalue weighted by molar-refractivity contribution is 0.0926. The van der Waals surface area contributed by atoms with Gasteiger partial charge in [0.25, 0.3) is 11.8 Å². The molecule has 5 nitrogen and oxygen atoms in total. The first-order valence-electron chi connectivity index (χ1n) is 5.55. The molecule has 19 heavy (non-hydrogen) atoms. The number of fused-ring (bicyclic) bond motifs is 1. The lowest BCUT2D eigenvalue weighted by atomic mass is 10.2. The molecule has 0 N–H and O–H groups in total. The van der Waals surface area contributed by atoms with Crippen molar-refractivity contribution in [3.63, 3.8) is 0 Å². The minimum Gasteiger partial charge on any atom is -0.268 e. The van der Waals surface area contributed by atoms with Gasteiger partial charge < -0.3 is 0 Å². The quantitative estimate of drug-likeness (QED) is 0.721. The zero-order chi connectivity index (χ0) is 13.4. The number of carbonyl (C=O) groups is 2. The summed E-state index contributed by atoms with van der Waals surface area (Å²) < 4.78 is 0. The van der Waals surface area contributed by atoms with Crippen LogP contribution in [0.1, 0.15) is 26.3 Å². The molecule has 0 saturated heterocycles. The molecule has 0 saturated carbocycles. The minimum atomic E-state index is -0.414. The first-order chi connectivity index (χ1) is 9.22. The second kappa shape index (κ2) is 4.03. The third-order valence-corrected chi connectivity index (χ3v) is 2.92. The number of pyridine rings is 1. The van der Waals surface area contributed by atoms with Gasteiger partial charge in [0.15, 0.2) is 0 Å². The maximum atomic E-state index is 12.2. The van der Waals surface area contributed by atoms with E-state index in [1.165, 1.54) is 24.5 Å². The standard InChI is InChI=1S/C14H7N3O2/c15-7-9-2-1-3-10(6-9)17-13(18)11-4-5-16-8-12(11)14(17)19/h1-6,8H. The van der Waals surface area contributed by atoms with Crippen molar-refractivity contribution in [3.05, 3.63) is 59.4 Å². The van der Waals surface area contributed by atoms with Gasteiger partial charge in [-0.15, -0.1) is 0 Å². The van der Waals surface area contributed by atoms with E-state index in [1.807, 2.05) is 6.07 Å². The van der Waals surface area contributed by atoms with E-state index in [0.29, 0.717) is 16.8 Å². The van der Waals surface area contributed by atoms with Gasteiger partial charge in [0.1, 0.15) is 0 Å². The SMILES string of the molecule is N#Cc1cccc(N2C(=O)c3ccncc3C2=O)c1. The van der Waals surface area contributed by atoms with E-state index >= 15 is 0 Å². The largest absolute Gasteiger partial charge is 0.268 e. The third kappa shape index (κ3) is 1.58. The van der Waals surface area contributed by atoms with Crippen LogP contribution in [0.25, 0.3) is 0 Å². The highest BCUT2D eigenvalue weighted by Gasteiger charge is 2.36. The summed E-state index contributed by atoms with van der Waals surface area (Å²) in [4.78, 5) is 29.3. The van der Waals surface area contributed by atoms with Crippen molar-refractivity contribution in [2.75, 3.05) is 4.90 Å². The van der Waals surface area contributed by atoms with E-state index in [0.717, 1.165) is 4.90 Å². The number of benzene rings is 1. The average Bonchev–Trinajstić information content (AvgIpc) is 2.72. The van der Waals surface area contributed by atoms with E-state index in [4.69, 9.17) is 5.26 Å². The molecule has 0 bridgehead atoms. The molecule has 2 aromatic rings. The van der Waals surface area contributed by atoms with Crippen molar-refractivity contribution in [2.24, 2.45) is 0 Å². The van der Waals surface area contributed by atoms with Crippen molar-refractivity contribution < 1.29 is 9.59 Å². The molecule has 0 spiro atoms. The summed E-state index contributed by atoms with van der Waals surface area (Å²) in [5.74, 6) is -0.805. The van der Waals surface area contributed by atoms with Crippen molar-refractivity contribution in [3.8, 4) is 6.07 Å². The molecule has 90 valence electrons. The lowest BCUT2D eigenvalue weighted by Gasteiger charge is -2.13. The van der Waals surface area contributed by atoms with Crippen LogP contribution in [0.3, 0.4) is 0 Å². The van der Waals surface area contributed by atoms with Gasteiger partial charge in [0.05, 0.1) is 28.4 Å². The summed E-state index contributed by atoms with van der Waals surface area (Å²) in [7, 11) is 0. The summed E-state index contributed by atoms with van der Waals surface area (Å²) in [6, 6.07) is 9.88. The number of hydrogen-bond acceptors (Lipinski definition) is 4. The van der Waals surface area contributed by atoms with Crippen molar-refractivity contribution in [1.82, 2.24) is 4.98 Å². The van der Waals surface area contributed by atoms with Crippen LogP contribution in [0.5, 0.6) is 0 Å². The van der Waals surface area contributed by atoms with Crippen LogP contribution >= 0.6 is 0 Å². The number of hydrogen-bond donors (Lipinski definition) is 0. The van der Waals surface area contributed by atoms with Gasteiger partial charge in [-0.25, -0.2) is 4.90 Å². The highest BCUT2D eigenvalue weighted by molar-refractivity contribution is 6.34. The fraction of sp³-hybridized carbons (Fsp3) is 0. The topological polar surface area (TPSA) is 74.1 Å². The normalized spacial score (nSPS) is 13.3. The van der Waals surface area contributed by atoms with E-state index in [1.54, 1.807) is 18.2 Å². The van der Waals surface area contributed by atoms with Gasteiger partial charge >= 0.3 is 0 Å². The van der Waals surface area contributed by atoms with E-state index in [9.17, 15) is 9.59 Å². The fourth-order valence-electron chi connectivity index (χ4n) is 2.03. The average molecular weight is 249 g/mol. The molecule has 0 radical (unpaired) electrons. The van der Waals surface area contributed by atoms with Gasteiger partial charge in [-0.05, 0) is 24.3 Å². The third-order valence-electron chi connectivity index (χ3n) is 2.92. The first kappa shape index (κ1) is 11.1. The summed E-state index contributed by atoms with van der Waals surface area (Å²) in [6.07, 6.45) is 2.85. The Hall–Kier alpha value is -3.00. The number of anilines is 1. The first-order valence-corrected chi connectivity index (χ1v) is 5.55. The van der Waals surface area contributed by atoms with E-state index in [2.05, 4.69) is 4.98 Å². The Balaban J connectivity index is 2.12. The zero-order valence-electron chi connectivity index (χ0n) is 9.70. The Morgan fingerprint density at radius 2 is 1.89 bits per heavy atom. The molecular formula is C14H7N3O2. The number of nitrogens with zero attached hydrogens (tertiary/aromatic N) is 3. The number of amides is 2. The molecule has 0 atom stereocenters. The fourth-order valence-corrected chi connectivity index (χ4v) is 2.03. The molecule has 0 aliphatic carbocycles. The molecule has 2 heterocycles. The summed E-state index contributed by atoms with van der Waals surface area (Å²) in [6.45, 7) is 0. The number of carbonyl (C=O) groups excluding carboxylic acids is 2. The number of aromatic nitrogens is 1. The van der Waals surface area contributed by atoms with Crippen LogP contribution < -0.4 is 4.90 Å². The molecule has 1 aromatic heterocycles. The predicted octanol–water partition coefficient (Wildman–Crippen LogP) is 1.75. The highest BCUT2D eigenvalue weighted by Crippen LogP contribution is 2.27. The summed E-state index contributed by atoms with van der Waals surface area (Å²) in [5.41, 5.74) is 1.41. The van der Waals surface area contributed by atoms with Crippen LogP contribution in [-0.2, 0) is 0 Å². The molecular weight excluding hydrogens is 242 g/mol. The Labute approximate surface area is 108 Å². The Kier molecular flexibility index (Phi) is 2.36. The molecule has 1 aromatic carbocycles. The predicted molar refractivity (Wildman–Crippen MR) is 66.5 cm³/mol. The second-order valence-electron chi connectivity index (χ2n) is 4.03. The van der Waals surface area contributed by atoms with Gasteiger partial charge in [-0.3, -0.25) is 14.6 Å². The van der Waals surface area contributed by atoms with Gasteiger partial charge in [-0.1, -0.05) is 6.07 Å². The minimum absolute atomic E-state index is 0.287. The van der Waals surface area contributed by atoms with Gasteiger partial charge in [0, 0.05) is 12.4 Å². The van der Waals surface area contributed by atoms with Crippen molar-refractivity contribution in [2.45, 2.75) is 0 Å². The van der Waals surface area contributed by atoms with E-state index < -0.39 is 11.8 Å². The van der Waals surface area contributed by atoms with Gasteiger partial charge in [0.2, 0.25) is 0 Å². The van der Waals surface area contributed by atoms with Crippen LogP contribution in [0.2, 0.25) is 0 Å². The van der Waals surface area contributed by atoms with Crippen LogP contribution in [0.4, 0.5) is 5.69 Å². The zero-order valence-corrected chi connectivity index (χ0v) is 9.70. The Bertz CT molecular complexity index is 711. The van der Waals surface area contributed by atoms with Crippen molar-refractivity contribution in [1.29, 1.82) is 5.26 Å². The summed E-state index contributed by atoms with van der Waals surface area (Å²) in [5, 5.41) is 8.86. The molecule has 0 unspecified atom stereocenters. The second-order valence-corrected chi connectivity index (χ2v) is 4.03.